The number of ether oxygens (including phenoxy) is 1. The number of nitrogens with one attached hydrogen (secondary N) is 1. The lowest BCUT2D eigenvalue weighted by Crippen LogP contribution is -2.40. The van der Waals surface area contributed by atoms with Gasteiger partial charge in [-0.15, -0.1) is 0 Å². The first-order chi connectivity index (χ1) is 12.4. The van der Waals surface area contributed by atoms with Crippen molar-refractivity contribution in [3.8, 4) is 0 Å². The summed E-state index contributed by atoms with van der Waals surface area (Å²) in [5.41, 5.74) is 0.175. The van der Waals surface area contributed by atoms with Crippen molar-refractivity contribution in [2.45, 2.75) is 19.6 Å². The number of rotatable bonds is 6. The van der Waals surface area contributed by atoms with E-state index in [2.05, 4.69) is 15.2 Å². The van der Waals surface area contributed by atoms with Crippen LogP contribution in [0.5, 0.6) is 0 Å². The van der Waals surface area contributed by atoms with Gasteiger partial charge in [0.2, 0.25) is 0 Å². The van der Waals surface area contributed by atoms with E-state index >= 15 is 0 Å². The topological polar surface area (TPSA) is 40.1 Å². The third-order valence-electron chi connectivity index (χ3n) is 4.18. The Morgan fingerprint density at radius 1 is 1.23 bits per heavy atom. The van der Waals surface area contributed by atoms with Crippen LogP contribution in [0.3, 0.4) is 0 Å². The van der Waals surface area contributed by atoms with Gasteiger partial charge in [-0.1, -0.05) is 12.1 Å². The van der Waals surface area contributed by atoms with Crippen LogP contribution in [0.2, 0.25) is 0 Å². The molecule has 1 heterocycles. The van der Waals surface area contributed by atoms with Crippen molar-refractivity contribution in [1.29, 1.82) is 0 Å². The fourth-order valence-electron chi connectivity index (χ4n) is 2.74. The van der Waals surface area contributed by atoms with E-state index in [9.17, 15) is 13.2 Å². The van der Waals surface area contributed by atoms with Gasteiger partial charge in [0.1, 0.15) is 0 Å². The lowest BCUT2D eigenvalue weighted by atomic mass is 10.1. The molecular formula is C18H27F3N4O. The summed E-state index contributed by atoms with van der Waals surface area (Å²) >= 11 is 0. The molecule has 1 aliphatic rings. The summed E-state index contributed by atoms with van der Waals surface area (Å²) in [6, 6.07) is 5.25. The van der Waals surface area contributed by atoms with Crippen LogP contribution < -0.4 is 5.32 Å². The highest BCUT2D eigenvalue weighted by molar-refractivity contribution is 5.79. The SMILES string of the molecule is CCNC(=NCCN1CCOCC1)N(C)Cc1ccc(C(F)(F)F)cc1. The quantitative estimate of drug-likeness (QED) is 0.615. The number of aliphatic imine (C=N–C) groups is 1. The number of halogens is 3. The zero-order valence-corrected chi connectivity index (χ0v) is 15.4. The molecule has 0 spiro atoms. The van der Waals surface area contributed by atoms with Crippen LogP contribution in [0.25, 0.3) is 0 Å². The van der Waals surface area contributed by atoms with E-state index in [0.717, 1.165) is 63.0 Å². The van der Waals surface area contributed by atoms with Gasteiger partial charge in [-0.05, 0) is 24.6 Å². The molecule has 1 saturated heterocycles. The van der Waals surface area contributed by atoms with Gasteiger partial charge >= 0.3 is 6.18 Å². The Balaban J connectivity index is 1.91. The van der Waals surface area contributed by atoms with E-state index in [0.29, 0.717) is 13.1 Å². The summed E-state index contributed by atoms with van der Waals surface area (Å²) in [4.78, 5) is 8.86. The Morgan fingerprint density at radius 2 is 1.88 bits per heavy atom. The number of morpholine rings is 1. The van der Waals surface area contributed by atoms with Crippen LogP contribution >= 0.6 is 0 Å². The predicted octanol–water partition coefficient (Wildman–Crippen LogP) is 2.43. The smallest absolute Gasteiger partial charge is 0.379 e. The van der Waals surface area contributed by atoms with Crippen molar-refractivity contribution in [1.82, 2.24) is 15.1 Å². The minimum atomic E-state index is -4.31. The molecule has 0 saturated carbocycles. The van der Waals surface area contributed by atoms with Gasteiger partial charge in [0.05, 0.1) is 25.3 Å². The summed E-state index contributed by atoms with van der Waals surface area (Å²) in [7, 11) is 1.88. The van der Waals surface area contributed by atoms with Crippen molar-refractivity contribution >= 4 is 5.96 Å². The Morgan fingerprint density at radius 3 is 2.46 bits per heavy atom. The highest BCUT2D eigenvalue weighted by atomic mass is 19.4. The third kappa shape index (κ3) is 6.49. The molecule has 1 aromatic rings. The Bertz CT molecular complexity index is 569. The van der Waals surface area contributed by atoms with Crippen LogP contribution in [0, 0.1) is 0 Å². The van der Waals surface area contributed by atoms with Gasteiger partial charge < -0.3 is 15.0 Å². The second kappa shape index (κ2) is 9.78. The van der Waals surface area contributed by atoms with Gasteiger partial charge in [-0.25, -0.2) is 0 Å². The van der Waals surface area contributed by atoms with Gasteiger partial charge in [0, 0.05) is 39.8 Å². The number of guanidine groups is 1. The van der Waals surface area contributed by atoms with Crippen molar-refractivity contribution in [3.05, 3.63) is 35.4 Å². The predicted molar refractivity (Wildman–Crippen MR) is 96.1 cm³/mol. The van der Waals surface area contributed by atoms with Crippen molar-refractivity contribution in [2.75, 3.05) is 53.0 Å². The second-order valence-corrected chi connectivity index (χ2v) is 6.24. The summed E-state index contributed by atoms with van der Waals surface area (Å²) in [5, 5.41) is 3.23. The van der Waals surface area contributed by atoms with E-state index in [4.69, 9.17) is 4.74 Å². The molecule has 0 aliphatic carbocycles. The molecule has 5 nitrogen and oxygen atoms in total. The first-order valence-electron chi connectivity index (χ1n) is 8.86. The van der Waals surface area contributed by atoms with Crippen LogP contribution in [-0.2, 0) is 17.5 Å². The van der Waals surface area contributed by atoms with E-state index < -0.39 is 11.7 Å². The van der Waals surface area contributed by atoms with Crippen molar-refractivity contribution in [3.63, 3.8) is 0 Å². The first-order valence-corrected chi connectivity index (χ1v) is 8.86. The van der Waals surface area contributed by atoms with E-state index in [1.54, 1.807) is 0 Å². The summed E-state index contributed by atoms with van der Waals surface area (Å²) < 4.78 is 43.3. The van der Waals surface area contributed by atoms with Gasteiger partial charge in [0.15, 0.2) is 5.96 Å². The second-order valence-electron chi connectivity index (χ2n) is 6.24. The summed E-state index contributed by atoms with van der Waals surface area (Å²) in [5.74, 6) is 0.751. The molecule has 1 N–H and O–H groups in total. The van der Waals surface area contributed by atoms with Gasteiger partial charge in [-0.2, -0.15) is 13.2 Å². The molecule has 146 valence electrons. The molecule has 0 radical (unpaired) electrons. The summed E-state index contributed by atoms with van der Waals surface area (Å²) in [6.07, 6.45) is -4.31. The van der Waals surface area contributed by atoms with Crippen molar-refractivity contribution < 1.29 is 17.9 Å². The van der Waals surface area contributed by atoms with Gasteiger partial charge in [-0.3, -0.25) is 9.89 Å². The van der Waals surface area contributed by atoms with Gasteiger partial charge in [0.25, 0.3) is 0 Å². The Labute approximate surface area is 152 Å². The molecule has 1 aliphatic heterocycles. The van der Waals surface area contributed by atoms with Crippen LogP contribution in [0.4, 0.5) is 13.2 Å². The third-order valence-corrected chi connectivity index (χ3v) is 4.18. The number of hydrogen-bond donors (Lipinski definition) is 1. The summed E-state index contributed by atoms with van der Waals surface area (Å²) in [6.45, 7) is 8.11. The van der Waals surface area contributed by atoms with E-state index in [1.165, 1.54) is 12.1 Å². The normalized spacial score (nSPS) is 16.6. The maximum atomic E-state index is 12.7. The van der Waals surface area contributed by atoms with Crippen LogP contribution in [0.1, 0.15) is 18.1 Å². The highest BCUT2D eigenvalue weighted by Crippen LogP contribution is 2.29. The van der Waals surface area contributed by atoms with Crippen LogP contribution in [-0.4, -0.2) is 68.7 Å². The molecule has 0 unspecified atom stereocenters. The molecule has 1 fully saturated rings. The molecule has 8 heteroatoms. The standard InChI is InChI=1S/C18H27F3N4O/c1-3-22-17(23-8-9-25-10-12-26-13-11-25)24(2)14-15-4-6-16(7-5-15)18(19,20)21/h4-7H,3,8-14H2,1-2H3,(H,22,23). The Hall–Kier alpha value is -1.80. The molecule has 26 heavy (non-hydrogen) atoms. The van der Waals surface area contributed by atoms with E-state index in [1.807, 2.05) is 18.9 Å². The molecule has 0 amide bonds. The number of alkyl halides is 3. The lowest BCUT2D eigenvalue weighted by molar-refractivity contribution is -0.137. The molecule has 0 atom stereocenters. The van der Waals surface area contributed by atoms with Crippen molar-refractivity contribution in [2.24, 2.45) is 4.99 Å². The number of benzene rings is 1. The maximum Gasteiger partial charge on any atom is 0.416 e. The average Bonchev–Trinajstić information content (AvgIpc) is 2.61. The minimum absolute atomic E-state index is 0.488. The van der Waals surface area contributed by atoms with E-state index in [-0.39, 0.29) is 0 Å². The fourth-order valence-corrected chi connectivity index (χ4v) is 2.74. The Kier molecular flexibility index (Phi) is 7.71. The minimum Gasteiger partial charge on any atom is -0.379 e. The number of hydrogen-bond acceptors (Lipinski definition) is 3. The number of nitrogens with zero attached hydrogens (tertiary/aromatic N) is 3. The first kappa shape index (κ1) is 20.5. The molecular weight excluding hydrogens is 345 g/mol. The fraction of sp³-hybridized carbons (Fsp3) is 0.611. The van der Waals surface area contributed by atoms with Crippen LogP contribution in [0.15, 0.2) is 29.3 Å². The maximum absolute atomic E-state index is 12.7. The largest absolute Gasteiger partial charge is 0.416 e. The zero-order chi connectivity index (χ0) is 19.0. The lowest BCUT2D eigenvalue weighted by Gasteiger charge is -2.26. The molecule has 0 aromatic heterocycles. The highest BCUT2D eigenvalue weighted by Gasteiger charge is 2.29. The molecule has 2 rings (SSSR count). The zero-order valence-electron chi connectivity index (χ0n) is 15.4. The average molecular weight is 372 g/mol. The monoisotopic (exact) mass is 372 g/mol. The molecule has 1 aromatic carbocycles. The molecule has 0 bridgehead atoms.